The summed E-state index contributed by atoms with van der Waals surface area (Å²) in [6, 6.07) is 13.6. The van der Waals surface area contributed by atoms with Gasteiger partial charge in [0.25, 0.3) is 0 Å². The highest BCUT2D eigenvalue weighted by molar-refractivity contribution is 7.89. The van der Waals surface area contributed by atoms with Crippen molar-refractivity contribution < 1.29 is 27.9 Å². The second-order valence-corrected chi connectivity index (χ2v) is 21.0. The molecule has 5 aliphatic carbocycles. The standard InChI is InChI=1S/C46H64N2O6S/c1-29(2)34-17-24-46(25-18-36-35(40(34)46)15-16-38-44(36,5)22-19-37-43(3,4)39(49)20-23-45(37,38)6)42(51)47-26-21-30-9-8-10-33(27-30)55(52,53)48-28-31-11-13-32(14-12-31)41(50)54-7/h8-14,27,34-40,48-49H,1,15-26,28H2,2-7H3,(H,47,51). The van der Waals surface area contributed by atoms with E-state index >= 15 is 0 Å². The highest BCUT2D eigenvalue weighted by Crippen LogP contribution is 2.73. The number of amides is 1. The average molecular weight is 773 g/mol. The fourth-order valence-corrected chi connectivity index (χ4v) is 14.8. The first kappa shape index (κ1) is 40.2. The van der Waals surface area contributed by atoms with Gasteiger partial charge in [-0.2, -0.15) is 0 Å². The fraction of sp³-hybridized carbons (Fsp3) is 0.652. The third-order valence-electron chi connectivity index (χ3n) is 16.4. The third kappa shape index (κ3) is 6.82. The molecule has 0 radical (unpaired) electrons. The minimum absolute atomic E-state index is 0.0593. The summed E-state index contributed by atoms with van der Waals surface area (Å²) in [6.45, 7) is 17.0. The van der Waals surface area contributed by atoms with Crippen LogP contribution in [0, 0.1) is 57.2 Å². The maximum Gasteiger partial charge on any atom is 0.337 e. The molecule has 10 unspecified atom stereocenters. The molecule has 5 saturated carbocycles. The molecular weight excluding hydrogens is 709 g/mol. The van der Waals surface area contributed by atoms with Gasteiger partial charge in [0.15, 0.2) is 0 Å². The van der Waals surface area contributed by atoms with Crippen LogP contribution in [-0.4, -0.2) is 45.2 Å². The van der Waals surface area contributed by atoms with Crippen molar-refractivity contribution in [3.8, 4) is 0 Å². The zero-order valence-electron chi connectivity index (χ0n) is 34.0. The Morgan fingerprint density at radius 2 is 1.58 bits per heavy atom. The minimum atomic E-state index is -3.79. The number of sulfonamides is 1. The Labute approximate surface area is 329 Å². The zero-order valence-corrected chi connectivity index (χ0v) is 34.8. The van der Waals surface area contributed by atoms with Crippen molar-refractivity contribution in [2.75, 3.05) is 13.7 Å². The van der Waals surface area contributed by atoms with Gasteiger partial charge >= 0.3 is 5.97 Å². The minimum Gasteiger partial charge on any atom is -0.465 e. The number of hydrogen-bond acceptors (Lipinski definition) is 6. The smallest absolute Gasteiger partial charge is 0.337 e. The Morgan fingerprint density at radius 3 is 2.29 bits per heavy atom. The van der Waals surface area contributed by atoms with Gasteiger partial charge in [0.1, 0.15) is 0 Å². The van der Waals surface area contributed by atoms with Gasteiger partial charge in [0.2, 0.25) is 15.9 Å². The van der Waals surface area contributed by atoms with Crippen LogP contribution in [0.25, 0.3) is 0 Å². The molecule has 7 rings (SSSR count). The number of methoxy groups -OCH3 is 1. The van der Waals surface area contributed by atoms with E-state index in [2.05, 4.69) is 51.2 Å². The lowest BCUT2D eigenvalue weighted by Crippen LogP contribution is -2.64. The van der Waals surface area contributed by atoms with Crippen LogP contribution in [0.5, 0.6) is 0 Å². The number of esters is 1. The molecule has 5 aliphatic rings. The predicted octanol–water partition coefficient (Wildman–Crippen LogP) is 8.24. The summed E-state index contributed by atoms with van der Waals surface area (Å²) in [6.07, 6.45) is 11.1. The van der Waals surface area contributed by atoms with Crippen molar-refractivity contribution in [1.29, 1.82) is 0 Å². The van der Waals surface area contributed by atoms with E-state index in [1.165, 1.54) is 38.4 Å². The number of aliphatic hydroxyl groups excluding tert-OH is 1. The molecule has 10 atom stereocenters. The van der Waals surface area contributed by atoms with Crippen molar-refractivity contribution in [2.45, 2.75) is 123 Å². The highest BCUT2D eigenvalue weighted by atomic mass is 32.2. The normalized spacial score (nSPS) is 36.4. The van der Waals surface area contributed by atoms with E-state index in [1.54, 1.807) is 42.5 Å². The highest BCUT2D eigenvalue weighted by Gasteiger charge is 2.68. The summed E-state index contributed by atoms with van der Waals surface area (Å²) in [5.41, 5.74) is 3.22. The first-order valence-corrected chi connectivity index (χ1v) is 22.3. The molecule has 8 nitrogen and oxygen atoms in total. The molecule has 1 amide bonds. The summed E-state index contributed by atoms with van der Waals surface area (Å²) in [4.78, 5) is 26.5. The maximum atomic E-state index is 14.6. The number of nitrogens with one attached hydrogen (secondary N) is 2. The molecule has 2 aromatic carbocycles. The SMILES string of the molecule is C=C(C)C1CCC2(C(=O)NCCc3cccc(S(=O)(=O)NCc4ccc(C(=O)OC)cc4)c3)CCC3C(CCC4C3(C)CCC3C(C)(C)C(O)CCC34C)C12. The Balaban J connectivity index is 1.02. The van der Waals surface area contributed by atoms with E-state index < -0.39 is 21.4 Å². The summed E-state index contributed by atoms with van der Waals surface area (Å²) < 4.78 is 33.9. The Morgan fingerprint density at radius 1 is 0.873 bits per heavy atom. The molecule has 300 valence electrons. The molecule has 0 heterocycles. The van der Waals surface area contributed by atoms with Crippen LogP contribution in [0.1, 0.15) is 120 Å². The van der Waals surface area contributed by atoms with Crippen molar-refractivity contribution in [3.05, 3.63) is 77.4 Å². The first-order chi connectivity index (χ1) is 26.0. The van der Waals surface area contributed by atoms with Gasteiger partial charge in [-0.1, -0.05) is 64.1 Å². The zero-order chi connectivity index (χ0) is 39.6. The molecule has 2 aromatic rings. The summed E-state index contributed by atoms with van der Waals surface area (Å²) in [5, 5.41) is 14.4. The quantitative estimate of drug-likeness (QED) is 0.165. The van der Waals surface area contributed by atoms with Crippen molar-refractivity contribution >= 4 is 21.9 Å². The van der Waals surface area contributed by atoms with Crippen LogP contribution < -0.4 is 10.0 Å². The molecular formula is C46H64N2O6S. The van der Waals surface area contributed by atoms with Gasteiger partial charge in [-0.3, -0.25) is 4.79 Å². The van der Waals surface area contributed by atoms with Crippen LogP contribution in [0.15, 0.2) is 65.6 Å². The molecule has 55 heavy (non-hydrogen) atoms. The van der Waals surface area contributed by atoms with Crippen LogP contribution in [0.2, 0.25) is 0 Å². The number of carbonyl (C=O) groups excluding carboxylic acids is 2. The van der Waals surface area contributed by atoms with Crippen molar-refractivity contribution in [3.63, 3.8) is 0 Å². The molecule has 0 aliphatic heterocycles. The second-order valence-electron chi connectivity index (χ2n) is 19.3. The maximum absolute atomic E-state index is 14.6. The number of hydrogen-bond donors (Lipinski definition) is 3. The average Bonchev–Trinajstić information content (AvgIpc) is 3.58. The van der Waals surface area contributed by atoms with Crippen LogP contribution in [0.3, 0.4) is 0 Å². The first-order valence-electron chi connectivity index (χ1n) is 20.9. The van der Waals surface area contributed by atoms with Gasteiger partial charge < -0.3 is 15.2 Å². The van der Waals surface area contributed by atoms with Crippen LogP contribution in [0.4, 0.5) is 0 Å². The van der Waals surface area contributed by atoms with E-state index in [0.29, 0.717) is 54.0 Å². The number of ether oxygens (including phenoxy) is 1. The monoisotopic (exact) mass is 772 g/mol. The van der Waals surface area contributed by atoms with Gasteiger partial charge in [0.05, 0.1) is 29.1 Å². The van der Waals surface area contributed by atoms with Crippen molar-refractivity contribution in [2.24, 2.45) is 57.2 Å². The Kier molecular flexibility index (Phi) is 10.8. The lowest BCUT2D eigenvalue weighted by atomic mass is 9.36. The number of rotatable bonds is 10. The molecule has 9 heteroatoms. The predicted molar refractivity (Wildman–Crippen MR) is 215 cm³/mol. The van der Waals surface area contributed by atoms with Crippen LogP contribution in [-0.2, 0) is 32.5 Å². The van der Waals surface area contributed by atoms with E-state index in [4.69, 9.17) is 4.74 Å². The molecule has 0 bridgehead atoms. The van der Waals surface area contributed by atoms with Gasteiger partial charge in [-0.05, 0) is 165 Å². The summed E-state index contributed by atoms with van der Waals surface area (Å²) >= 11 is 0. The van der Waals surface area contributed by atoms with E-state index in [-0.39, 0.29) is 39.7 Å². The molecule has 0 spiro atoms. The van der Waals surface area contributed by atoms with Gasteiger partial charge in [0, 0.05) is 13.1 Å². The lowest BCUT2D eigenvalue weighted by Gasteiger charge is -2.69. The topological polar surface area (TPSA) is 122 Å². The Bertz CT molecular complexity index is 1910. The second kappa shape index (κ2) is 14.7. The molecule has 0 aromatic heterocycles. The molecule has 0 saturated heterocycles. The van der Waals surface area contributed by atoms with Gasteiger partial charge in [-0.25, -0.2) is 17.9 Å². The Hall–Kier alpha value is -3.01. The van der Waals surface area contributed by atoms with E-state index in [9.17, 15) is 23.1 Å². The number of aliphatic hydroxyl groups is 1. The van der Waals surface area contributed by atoms with Crippen molar-refractivity contribution in [1.82, 2.24) is 10.0 Å². The number of allylic oxidation sites excluding steroid dienone is 1. The van der Waals surface area contributed by atoms with Crippen LogP contribution >= 0.6 is 0 Å². The van der Waals surface area contributed by atoms with Gasteiger partial charge in [-0.15, -0.1) is 0 Å². The molecule has 3 N–H and O–H groups in total. The number of carbonyl (C=O) groups is 2. The molecule has 5 fully saturated rings. The van der Waals surface area contributed by atoms with E-state index in [0.717, 1.165) is 49.7 Å². The number of fused-ring (bicyclic) bond motifs is 7. The summed E-state index contributed by atoms with van der Waals surface area (Å²) in [7, 11) is -2.47. The lowest BCUT2D eigenvalue weighted by molar-refractivity contribution is -0.216. The van der Waals surface area contributed by atoms with E-state index in [1.807, 2.05) is 6.07 Å². The number of benzene rings is 2. The largest absolute Gasteiger partial charge is 0.465 e. The fourth-order valence-electron chi connectivity index (χ4n) is 13.7. The summed E-state index contributed by atoms with van der Waals surface area (Å²) in [5.74, 6) is 2.68. The third-order valence-corrected chi connectivity index (χ3v) is 17.8.